The predicted octanol–water partition coefficient (Wildman–Crippen LogP) is 6.71. The van der Waals surface area contributed by atoms with E-state index in [0.29, 0.717) is 27.0 Å². The van der Waals surface area contributed by atoms with Gasteiger partial charge in [-0.3, -0.25) is 19.7 Å². The third kappa shape index (κ3) is 3.98. The molecule has 0 aliphatic rings. The monoisotopic (exact) mass is 491 g/mol. The van der Waals surface area contributed by atoms with Crippen LogP contribution in [0.3, 0.4) is 0 Å². The fraction of sp³-hybridized carbons (Fsp3) is 0. The van der Waals surface area contributed by atoms with Crippen molar-refractivity contribution in [3.05, 3.63) is 98.6 Å². The number of hydrogen-bond donors (Lipinski definition) is 2. The van der Waals surface area contributed by atoms with Crippen molar-refractivity contribution in [3.63, 3.8) is 0 Å². The molecule has 8 nitrogen and oxygen atoms in total. The number of halogens is 1. The molecule has 2 amide bonds. The lowest BCUT2D eigenvalue weighted by Crippen LogP contribution is -2.12. The minimum Gasteiger partial charge on any atom is -0.451 e. The van der Waals surface area contributed by atoms with Crippen molar-refractivity contribution in [2.45, 2.75) is 0 Å². The van der Waals surface area contributed by atoms with E-state index in [-0.39, 0.29) is 21.3 Å². The lowest BCUT2D eigenvalue weighted by molar-refractivity contribution is -0.382. The molecule has 5 rings (SSSR count). The highest BCUT2D eigenvalue weighted by Gasteiger charge is 2.23. The summed E-state index contributed by atoms with van der Waals surface area (Å²) in [6, 6.07) is 20.0. The van der Waals surface area contributed by atoms with Crippen LogP contribution in [0.5, 0.6) is 0 Å². The van der Waals surface area contributed by atoms with Crippen molar-refractivity contribution >= 4 is 72.9 Å². The topological polar surface area (TPSA) is 114 Å². The lowest BCUT2D eigenvalue weighted by atomic mass is 10.2. The van der Waals surface area contributed by atoms with Gasteiger partial charge in [0, 0.05) is 28.2 Å². The normalized spacial score (nSPS) is 11.0. The maximum atomic E-state index is 12.8. The van der Waals surface area contributed by atoms with Crippen LogP contribution in [-0.4, -0.2) is 16.7 Å². The standard InChI is InChI=1S/C24H14ClN3O5S/c25-20-16-5-3-6-17(28(31)32)21(16)34-22(20)24(30)27-15-10-8-14(9-11-15)26-23(29)19-12-13-4-1-2-7-18(13)33-19/h1-12H,(H,26,29)(H,27,30). The first-order valence-electron chi connectivity index (χ1n) is 9.97. The molecule has 2 heterocycles. The number of hydrogen-bond acceptors (Lipinski definition) is 6. The fourth-order valence-electron chi connectivity index (χ4n) is 3.48. The van der Waals surface area contributed by atoms with Gasteiger partial charge in [-0.25, -0.2) is 0 Å². The Bertz CT molecular complexity index is 1560. The van der Waals surface area contributed by atoms with Crippen LogP contribution >= 0.6 is 22.9 Å². The van der Waals surface area contributed by atoms with E-state index < -0.39 is 16.7 Å². The summed E-state index contributed by atoms with van der Waals surface area (Å²) >= 11 is 7.30. The summed E-state index contributed by atoms with van der Waals surface area (Å²) in [4.78, 5) is 36.2. The molecule has 3 aromatic carbocycles. The highest BCUT2D eigenvalue weighted by Crippen LogP contribution is 2.40. The van der Waals surface area contributed by atoms with Gasteiger partial charge in [-0.15, -0.1) is 11.3 Å². The van der Waals surface area contributed by atoms with Crippen molar-refractivity contribution in [1.82, 2.24) is 0 Å². The molecule has 0 bridgehead atoms. The van der Waals surface area contributed by atoms with Crippen molar-refractivity contribution in [3.8, 4) is 0 Å². The van der Waals surface area contributed by atoms with Crippen LogP contribution < -0.4 is 10.6 Å². The van der Waals surface area contributed by atoms with E-state index in [1.54, 1.807) is 42.5 Å². The second-order valence-electron chi connectivity index (χ2n) is 7.29. The van der Waals surface area contributed by atoms with E-state index in [2.05, 4.69) is 10.6 Å². The molecule has 0 aliphatic heterocycles. The molecule has 34 heavy (non-hydrogen) atoms. The van der Waals surface area contributed by atoms with Gasteiger partial charge in [-0.2, -0.15) is 0 Å². The second kappa shape index (κ2) is 8.62. The number of fused-ring (bicyclic) bond motifs is 2. The first-order chi connectivity index (χ1) is 16.4. The minimum atomic E-state index is -0.505. The van der Waals surface area contributed by atoms with Crippen LogP contribution in [0.25, 0.3) is 21.1 Å². The molecular formula is C24H14ClN3O5S. The lowest BCUT2D eigenvalue weighted by Gasteiger charge is -2.07. The summed E-state index contributed by atoms with van der Waals surface area (Å²) in [7, 11) is 0. The first-order valence-corrected chi connectivity index (χ1v) is 11.2. The Balaban J connectivity index is 1.31. The molecule has 0 unspecified atom stereocenters. The Labute approximate surface area is 200 Å². The highest BCUT2D eigenvalue weighted by molar-refractivity contribution is 7.22. The largest absolute Gasteiger partial charge is 0.451 e. The van der Waals surface area contributed by atoms with Crippen LogP contribution in [-0.2, 0) is 0 Å². The molecular weight excluding hydrogens is 478 g/mol. The summed E-state index contributed by atoms with van der Waals surface area (Å²) in [6.07, 6.45) is 0. The van der Waals surface area contributed by atoms with Gasteiger partial charge in [-0.05, 0) is 36.4 Å². The number of para-hydroxylation sites is 1. The molecule has 2 N–H and O–H groups in total. The third-order valence-electron chi connectivity index (χ3n) is 5.09. The number of nitrogens with one attached hydrogen (secondary N) is 2. The minimum absolute atomic E-state index is 0.104. The summed E-state index contributed by atoms with van der Waals surface area (Å²) in [5.41, 5.74) is 1.50. The molecule has 0 radical (unpaired) electrons. The number of non-ortho nitro benzene ring substituents is 1. The molecule has 0 aliphatic carbocycles. The SMILES string of the molecule is O=C(Nc1ccc(NC(=O)c2sc3c([N+](=O)[O-])cccc3c2Cl)cc1)c1cc2ccccc2o1. The van der Waals surface area contributed by atoms with Crippen LogP contribution in [0.1, 0.15) is 20.2 Å². The number of carbonyl (C=O) groups excluding carboxylic acids is 2. The fourth-order valence-corrected chi connectivity index (χ4v) is 4.96. The number of anilines is 2. The number of nitrogens with zero attached hydrogens (tertiary/aromatic N) is 1. The second-order valence-corrected chi connectivity index (χ2v) is 8.69. The molecule has 0 saturated carbocycles. The predicted molar refractivity (Wildman–Crippen MR) is 132 cm³/mol. The summed E-state index contributed by atoms with van der Waals surface area (Å²) < 4.78 is 5.90. The number of furan rings is 1. The summed E-state index contributed by atoms with van der Waals surface area (Å²) in [6.45, 7) is 0. The highest BCUT2D eigenvalue weighted by atomic mass is 35.5. The Hall–Kier alpha value is -4.21. The molecule has 0 atom stereocenters. The zero-order chi connectivity index (χ0) is 23.8. The third-order valence-corrected chi connectivity index (χ3v) is 6.82. The van der Waals surface area contributed by atoms with E-state index in [4.69, 9.17) is 16.0 Å². The van der Waals surface area contributed by atoms with Gasteiger partial charge >= 0.3 is 0 Å². The zero-order valence-electron chi connectivity index (χ0n) is 17.2. The number of carbonyl (C=O) groups is 2. The number of nitro benzene ring substituents is 1. The van der Waals surface area contributed by atoms with Crippen LogP contribution in [0.4, 0.5) is 17.1 Å². The van der Waals surface area contributed by atoms with Crippen LogP contribution in [0.15, 0.2) is 77.2 Å². The molecule has 10 heteroatoms. The summed E-state index contributed by atoms with van der Waals surface area (Å²) in [5, 5.41) is 18.2. The average molecular weight is 492 g/mol. The molecule has 0 spiro atoms. The Kier molecular flexibility index (Phi) is 5.48. The number of thiophene rings is 1. The van der Waals surface area contributed by atoms with Gasteiger partial charge in [0.25, 0.3) is 17.5 Å². The van der Waals surface area contributed by atoms with Crippen molar-refractivity contribution in [2.75, 3.05) is 10.6 Å². The Morgan fingerprint density at radius 1 is 0.912 bits per heavy atom. The first kappa shape index (κ1) is 21.6. The zero-order valence-corrected chi connectivity index (χ0v) is 18.8. The van der Waals surface area contributed by atoms with Gasteiger partial charge in [0.15, 0.2) is 5.76 Å². The molecule has 5 aromatic rings. The van der Waals surface area contributed by atoms with Crippen molar-refractivity contribution in [1.29, 1.82) is 0 Å². The molecule has 2 aromatic heterocycles. The van der Waals surface area contributed by atoms with E-state index in [1.807, 2.05) is 18.2 Å². The van der Waals surface area contributed by atoms with Crippen molar-refractivity contribution < 1.29 is 18.9 Å². The van der Waals surface area contributed by atoms with E-state index in [1.165, 1.54) is 12.1 Å². The summed E-state index contributed by atoms with van der Waals surface area (Å²) in [5.74, 6) is -0.696. The number of amides is 2. The number of rotatable bonds is 5. The maximum absolute atomic E-state index is 12.8. The molecule has 0 saturated heterocycles. The maximum Gasteiger partial charge on any atom is 0.291 e. The van der Waals surface area contributed by atoms with Gasteiger partial charge < -0.3 is 15.1 Å². The van der Waals surface area contributed by atoms with E-state index >= 15 is 0 Å². The van der Waals surface area contributed by atoms with Crippen LogP contribution in [0.2, 0.25) is 5.02 Å². The Morgan fingerprint density at radius 3 is 2.26 bits per heavy atom. The van der Waals surface area contributed by atoms with Gasteiger partial charge in [0.05, 0.1) is 9.95 Å². The molecule has 168 valence electrons. The smallest absolute Gasteiger partial charge is 0.291 e. The number of benzene rings is 3. The van der Waals surface area contributed by atoms with Gasteiger partial charge in [0.2, 0.25) is 0 Å². The van der Waals surface area contributed by atoms with E-state index in [9.17, 15) is 19.7 Å². The molecule has 0 fully saturated rings. The quantitative estimate of drug-likeness (QED) is 0.209. The van der Waals surface area contributed by atoms with Gasteiger partial charge in [0.1, 0.15) is 15.2 Å². The van der Waals surface area contributed by atoms with Crippen LogP contribution in [0, 0.1) is 10.1 Å². The van der Waals surface area contributed by atoms with Crippen molar-refractivity contribution in [2.24, 2.45) is 0 Å². The van der Waals surface area contributed by atoms with Gasteiger partial charge in [-0.1, -0.05) is 41.9 Å². The average Bonchev–Trinajstić information content (AvgIpc) is 3.42. The Morgan fingerprint density at radius 2 is 1.59 bits per heavy atom. The number of nitro groups is 1. The van der Waals surface area contributed by atoms with E-state index in [0.717, 1.165) is 16.7 Å².